The van der Waals surface area contributed by atoms with E-state index in [0.29, 0.717) is 31.9 Å². The number of nitro benzene ring substituents is 1. The molecule has 0 bridgehead atoms. The first kappa shape index (κ1) is 22.8. The summed E-state index contributed by atoms with van der Waals surface area (Å²) in [6.45, 7) is 3.64. The summed E-state index contributed by atoms with van der Waals surface area (Å²) in [6.07, 6.45) is 0. The molecular weight excluding hydrogens is 440 g/mol. The number of benzene rings is 3. The highest BCUT2D eigenvalue weighted by atomic mass is 32.2. The SMILES string of the molecule is C[C@H](Nc1cc(N2CCN(S(=O)(=O)c3ccccc3)CC2)ccc1[N+](=O)[O-])c1ccccc1. The molecule has 0 amide bonds. The number of sulfonamides is 1. The standard InChI is InChI=1S/C24H26N4O4S/c1-19(20-8-4-2-5-9-20)25-23-18-21(12-13-24(23)28(29)30)26-14-16-27(17-15-26)33(31,32)22-10-6-3-7-11-22/h2-13,18-19,25H,14-17H2,1H3/t19-/m0/s1. The molecule has 1 atom stereocenters. The van der Waals surface area contributed by atoms with Crippen LogP contribution in [0.4, 0.5) is 17.1 Å². The Morgan fingerprint density at radius 3 is 2.12 bits per heavy atom. The predicted molar refractivity (Wildman–Crippen MR) is 129 cm³/mol. The topological polar surface area (TPSA) is 95.8 Å². The Morgan fingerprint density at radius 1 is 0.909 bits per heavy atom. The van der Waals surface area contributed by atoms with E-state index < -0.39 is 14.9 Å². The molecule has 0 aliphatic carbocycles. The Balaban J connectivity index is 1.51. The maximum atomic E-state index is 12.9. The van der Waals surface area contributed by atoms with Gasteiger partial charge >= 0.3 is 0 Å². The number of piperazine rings is 1. The largest absolute Gasteiger partial charge is 0.373 e. The van der Waals surface area contributed by atoms with Gasteiger partial charge in [-0.2, -0.15) is 4.31 Å². The summed E-state index contributed by atoms with van der Waals surface area (Å²) in [5.74, 6) is 0. The number of rotatable bonds is 7. The van der Waals surface area contributed by atoms with Crippen molar-refractivity contribution in [3.8, 4) is 0 Å². The lowest BCUT2D eigenvalue weighted by Gasteiger charge is -2.35. The van der Waals surface area contributed by atoms with Crippen LogP contribution in [-0.4, -0.2) is 43.8 Å². The lowest BCUT2D eigenvalue weighted by Crippen LogP contribution is -2.48. The Morgan fingerprint density at radius 2 is 1.52 bits per heavy atom. The molecule has 172 valence electrons. The third kappa shape index (κ3) is 4.99. The smallest absolute Gasteiger partial charge is 0.292 e. The van der Waals surface area contributed by atoms with Crippen LogP contribution in [0.3, 0.4) is 0 Å². The molecular formula is C24H26N4O4S. The Bertz CT molecular complexity index is 1210. The van der Waals surface area contributed by atoms with Gasteiger partial charge in [-0.1, -0.05) is 48.5 Å². The van der Waals surface area contributed by atoms with Crippen molar-refractivity contribution in [1.29, 1.82) is 0 Å². The molecule has 0 aromatic heterocycles. The molecule has 1 aliphatic rings. The predicted octanol–water partition coefficient (Wildman–Crippen LogP) is 4.28. The van der Waals surface area contributed by atoms with Crippen molar-refractivity contribution in [2.75, 3.05) is 36.4 Å². The van der Waals surface area contributed by atoms with Crippen molar-refractivity contribution >= 4 is 27.1 Å². The molecule has 1 aliphatic heterocycles. The number of hydrogen-bond acceptors (Lipinski definition) is 6. The van der Waals surface area contributed by atoms with E-state index in [1.807, 2.05) is 37.3 Å². The van der Waals surface area contributed by atoms with Crippen LogP contribution in [0.2, 0.25) is 0 Å². The van der Waals surface area contributed by atoms with Gasteiger partial charge in [0.15, 0.2) is 0 Å². The molecule has 8 nitrogen and oxygen atoms in total. The van der Waals surface area contributed by atoms with E-state index in [0.717, 1.165) is 11.3 Å². The molecule has 4 rings (SSSR count). The van der Waals surface area contributed by atoms with Crippen molar-refractivity contribution in [2.24, 2.45) is 0 Å². The quantitative estimate of drug-likeness (QED) is 0.412. The van der Waals surface area contributed by atoms with Crippen molar-refractivity contribution < 1.29 is 13.3 Å². The van der Waals surface area contributed by atoms with Gasteiger partial charge < -0.3 is 10.2 Å². The maximum absolute atomic E-state index is 12.9. The zero-order chi connectivity index (χ0) is 23.4. The summed E-state index contributed by atoms with van der Waals surface area (Å²) in [4.78, 5) is 13.5. The molecule has 0 saturated carbocycles. The van der Waals surface area contributed by atoms with E-state index in [2.05, 4.69) is 10.2 Å². The normalized spacial score (nSPS) is 15.7. The Labute approximate surface area is 193 Å². The van der Waals surface area contributed by atoms with Crippen LogP contribution in [-0.2, 0) is 10.0 Å². The lowest BCUT2D eigenvalue weighted by molar-refractivity contribution is -0.384. The van der Waals surface area contributed by atoms with E-state index in [1.165, 1.54) is 10.4 Å². The average molecular weight is 467 g/mol. The van der Waals surface area contributed by atoms with Gasteiger partial charge in [-0.25, -0.2) is 8.42 Å². The summed E-state index contributed by atoms with van der Waals surface area (Å²) in [7, 11) is -3.54. The van der Waals surface area contributed by atoms with E-state index in [9.17, 15) is 18.5 Å². The van der Waals surface area contributed by atoms with Crippen molar-refractivity contribution in [2.45, 2.75) is 17.9 Å². The summed E-state index contributed by atoms with van der Waals surface area (Å²) >= 11 is 0. The first-order valence-electron chi connectivity index (χ1n) is 10.8. The van der Waals surface area contributed by atoms with Crippen LogP contribution in [0, 0.1) is 10.1 Å². The van der Waals surface area contributed by atoms with Crippen LogP contribution < -0.4 is 10.2 Å². The van der Waals surface area contributed by atoms with Crippen LogP contribution in [0.1, 0.15) is 18.5 Å². The fourth-order valence-corrected chi connectivity index (χ4v) is 5.43. The first-order valence-corrected chi connectivity index (χ1v) is 12.2. The van der Waals surface area contributed by atoms with Crippen molar-refractivity contribution in [3.05, 3.63) is 94.5 Å². The minimum absolute atomic E-state index is 0.00632. The maximum Gasteiger partial charge on any atom is 0.292 e. The van der Waals surface area contributed by atoms with Crippen molar-refractivity contribution in [1.82, 2.24) is 4.31 Å². The number of nitrogens with one attached hydrogen (secondary N) is 1. The van der Waals surface area contributed by atoms with E-state index >= 15 is 0 Å². The highest BCUT2D eigenvalue weighted by molar-refractivity contribution is 7.89. The van der Waals surface area contributed by atoms with E-state index in [1.54, 1.807) is 42.5 Å². The first-order chi connectivity index (χ1) is 15.9. The summed E-state index contributed by atoms with van der Waals surface area (Å²) in [6, 6.07) is 23.0. The summed E-state index contributed by atoms with van der Waals surface area (Å²) < 4.78 is 27.3. The Hall–Kier alpha value is -3.43. The van der Waals surface area contributed by atoms with Gasteiger partial charge in [-0.15, -0.1) is 0 Å². The average Bonchev–Trinajstić information content (AvgIpc) is 2.85. The molecule has 0 spiro atoms. The van der Waals surface area contributed by atoms with Crippen molar-refractivity contribution in [3.63, 3.8) is 0 Å². The number of nitrogens with zero attached hydrogens (tertiary/aromatic N) is 3. The number of hydrogen-bond donors (Lipinski definition) is 1. The van der Waals surface area contributed by atoms with Crippen LogP contribution in [0.25, 0.3) is 0 Å². The molecule has 1 fully saturated rings. The number of nitro groups is 1. The minimum atomic E-state index is -3.54. The van der Waals surface area contributed by atoms with Gasteiger partial charge in [0.05, 0.1) is 9.82 Å². The van der Waals surface area contributed by atoms with Gasteiger partial charge in [-0.3, -0.25) is 10.1 Å². The lowest BCUT2D eigenvalue weighted by atomic mass is 10.1. The molecule has 1 N–H and O–H groups in total. The second kappa shape index (κ2) is 9.60. The molecule has 9 heteroatoms. The fourth-order valence-electron chi connectivity index (χ4n) is 3.98. The zero-order valence-corrected chi connectivity index (χ0v) is 19.1. The van der Waals surface area contributed by atoms with Gasteiger partial charge in [0.1, 0.15) is 5.69 Å². The zero-order valence-electron chi connectivity index (χ0n) is 18.3. The van der Waals surface area contributed by atoms with E-state index in [-0.39, 0.29) is 16.6 Å². The second-order valence-electron chi connectivity index (χ2n) is 7.94. The third-order valence-electron chi connectivity index (χ3n) is 5.83. The Kier molecular flexibility index (Phi) is 6.62. The molecule has 3 aromatic carbocycles. The van der Waals surface area contributed by atoms with Crippen LogP contribution in [0.15, 0.2) is 83.8 Å². The highest BCUT2D eigenvalue weighted by Gasteiger charge is 2.29. The van der Waals surface area contributed by atoms with Gasteiger partial charge in [0.2, 0.25) is 10.0 Å². The van der Waals surface area contributed by atoms with E-state index in [4.69, 9.17) is 0 Å². The fraction of sp³-hybridized carbons (Fsp3) is 0.250. The highest BCUT2D eigenvalue weighted by Crippen LogP contribution is 2.33. The second-order valence-corrected chi connectivity index (χ2v) is 9.88. The molecule has 1 heterocycles. The summed E-state index contributed by atoms with van der Waals surface area (Å²) in [5, 5.41) is 14.9. The van der Waals surface area contributed by atoms with Gasteiger partial charge in [-0.05, 0) is 36.8 Å². The monoisotopic (exact) mass is 466 g/mol. The van der Waals surface area contributed by atoms with Gasteiger partial charge in [0.25, 0.3) is 5.69 Å². The van der Waals surface area contributed by atoms with Gasteiger partial charge in [0, 0.05) is 44.0 Å². The third-order valence-corrected chi connectivity index (χ3v) is 7.75. The summed E-state index contributed by atoms with van der Waals surface area (Å²) in [5.41, 5.74) is 2.29. The van der Waals surface area contributed by atoms with Crippen LogP contribution in [0.5, 0.6) is 0 Å². The minimum Gasteiger partial charge on any atom is -0.373 e. The van der Waals surface area contributed by atoms with Crippen LogP contribution >= 0.6 is 0 Å². The number of anilines is 2. The molecule has 0 unspecified atom stereocenters. The molecule has 0 radical (unpaired) electrons. The molecule has 1 saturated heterocycles. The molecule has 3 aromatic rings. The molecule has 33 heavy (non-hydrogen) atoms.